The van der Waals surface area contributed by atoms with Crippen LogP contribution in [0.5, 0.6) is 17.2 Å². The molecule has 188 valence electrons. The summed E-state index contributed by atoms with van der Waals surface area (Å²) in [4.78, 5) is 0. The van der Waals surface area contributed by atoms with Crippen molar-refractivity contribution in [3.8, 4) is 28.6 Å². The molecule has 0 aliphatic rings. The maximum Gasteiger partial charge on any atom is 0.214 e. The topological polar surface area (TPSA) is 73.3 Å². The Morgan fingerprint density at radius 2 is 1.69 bits per heavy atom. The largest absolute Gasteiger partial charge is 0.496 e. The third-order valence-corrected chi connectivity index (χ3v) is 6.47. The molecule has 1 aromatic heterocycles. The van der Waals surface area contributed by atoms with Crippen LogP contribution in [0.15, 0.2) is 54.6 Å². The number of para-hydroxylation sites is 1. The molecule has 0 atom stereocenters. The standard InChI is InChI=1S/C25H23Cl3N4O3S/c1-3-34-22-10-16(20(28)12-23(22)35-14-15-8-9-17(26)11-19(15)27)13-29-32-24(30-31-25(32)36)18-6-4-5-7-21(18)33-2/h4-12,29H,3,13-14H2,1-2H3,(H,31,36). The van der Waals surface area contributed by atoms with Crippen LogP contribution in [0.4, 0.5) is 0 Å². The summed E-state index contributed by atoms with van der Waals surface area (Å²) in [6.45, 7) is 2.93. The molecule has 7 nitrogen and oxygen atoms in total. The third-order valence-electron chi connectivity index (χ3n) is 5.26. The van der Waals surface area contributed by atoms with Gasteiger partial charge >= 0.3 is 0 Å². The van der Waals surface area contributed by atoms with E-state index in [1.54, 1.807) is 30.0 Å². The Labute approximate surface area is 228 Å². The molecule has 0 unspecified atom stereocenters. The van der Waals surface area contributed by atoms with E-state index in [0.29, 0.717) is 56.1 Å². The molecule has 2 N–H and O–H groups in total. The molecule has 1 heterocycles. The first-order valence-corrected chi connectivity index (χ1v) is 12.5. The van der Waals surface area contributed by atoms with E-state index in [-0.39, 0.29) is 6.61 Å². The van der Waals surface area contributed by atoms with Gasteiger partial charge in [-0.05, 0) is 55.0 Å². The van der Waals surface area contributed by atoms with E-state index >= 15 is 0 Å². The maximum absolute atomic E-state index is 6.62. The van der Waals surface area contributed by atoms with Gasteiger partial charge < -0.3 is 19.6 Å². The van der Waals surface area contributed by atoms with Crippen LogP contribution in [0.1, 0.15) is 18.1 Å². The number of ether oxygens (including phenoxy) is 3. The third kappa shape index (κ3) is 5.90. The minimum atomic E-state index is 0.233. The van der Waals surface area contributed by atoms with E-state index in [0.717, 1.165) is 16.7 Å². The zero-order valence-corrected chi connectivity index (χ0v) is 22.6. The molecule has 0 saturated heterocycles. The van der Waals surface area contributed by atoms with Gasteiger partial charge in [0.25, 0.3) is 0 Å². The number of aromatic amines is 1. The highest BCUT2D eigenvalue weighted by atomic mass is 35.5. The zero-order valence-electron chi connectivity index (χ0n) is 19.5. The second-order valence-electron chi connectivity index (χ2n) is 7.57. The quantitative estimate of drug-likeness (QED) is 0.197. The van der Waals surface area contributed by atoms with Crippen LogP contribution in [0.25, 0.3) is 11.4 Å². The maximum atomic E-state index is 6.62. The highest BCUT2D eigenvalue weighted by Gasteiger charge is 2.16. The summed E-state index contributed by atoms with van der Waals surface area (Å²) in [5, 5.41) is 8.76. The molecule has 0 saturated carbocycles. The van der Waals surface area contributed by atoms with E-state index in [2.05, 4.69) is 15.6 Å². The number of nitrogens with zero attached hydrogens (tertiary/aromatic N) is 2. The summed E-state index contributed by atoms with van der Waals surface area (Å²) in [6, 6.07) is 16.4. The van der Waals surface area contributed by atoms with Gasteiger partial charge in [0.05, 0.1) is 25.8 Å². The molecule has 0 amide bonds. The van der Waals surface area contributed by atoms with E-state index in [9.17, 15) is 0 Å². The lowest BCUT2D eigenvalue weighted by Crippen LogP contribution is -2.16. The van der Waals surface area contributed by atoms with Crippen molar-refractivity contribution >= 4 is 47.0 Å². The Morgan fingerprint density at radius 3 is 2.44 bits per heavy atom. The Morgan fingerprint density at radius 1 is 0.944 bits per heavy atom. The lowest BCUT2D eigenvalue weighted by atomic mass is 10.2. The number of benzene rings is 3. The van der Waals surface area contributed by atoms with Crippen molar-refractivity contribution in [3.63, 3.8) is 0 Å². The first-order chi connectivity index (χ1) is 17.4. The number of hydrogen-bond acceptors (Lipinski definition) is 6. The predicted octanol–water partition coefficient (Wildman–Crippen LogP) is 7.30. The zero-order chi connectivity index (χ0) is 25.7. The Kier molecular flexibility index (Phi) is 8.64. The van der Waals surface area contributed by atoms with Crippen molar-refractivity contribution in [2.24, 2.45) is 0 Å². The number of nitrogens with one attached hydrogen (secondary N) is 2. The predicted molar refractivity (Wildman–Crippen MR) is 146 cm³/mol. The molecule has 0 fully saturated rings. The summed E-state index contributed by atoms with van der Waals surface area (Å²) < 4.78 is 19.4. The van der Waals surface area contributed by atoms with E-state index in [1.807, 2.05) is 43.3 Å². The molecule has 36 heavy (non-hydrogen) atoms. The van der Waals surface area contributed by atoms with Crippen LogP contribution < -0.4 is 19.6 Å². The number of hydrogen-bond donors (Lipinski definition) is 2. The molecular weight excluding hydrogens is 543 g/mol. The summed E-state index contributed by atoms with van der Waals surface area (Å²) >= 11 is 24.3. The van der Waals surface area contributed by atoms with Gasteiger partial charge in [-0.1, -0.05) is 53.0 Å². The fourth-order valence-electron chi connectivity index (χ4n) is 3.51. The van der Waals surface area contributed by atoms with Crippen molar-refractivity contribution in [2.45, 2.75) is 20.1 Å². The van der Waals surface area contributed by atoms with Gasteiger partial charge in [-0.2, -0.15) is 5.10 Å². The molecule has 0 bridgehead atoms. The molecule has 3 aromatic carbocycles. The summed E-state index contributed by atoms with van der Waals surface area (Å²) in [5.41, 5.74) is 5.64. The van der Waals surface area contributed by atoms with E-state index < -0.39 is 0 Å². The van der Waals surface area contributed by atoms with Crippen molar-refractivity contribution in [2.75, 3.05) is 19.1 Å². The van der Waals surface area contributed by atoms with Crippen LogP contribution in [-0.2, 0) is 13.2 Å². The number of methoxy groups -OCH3 is 1. The van der Waals surface area contributed by atoms with Crippen LogP contribution in [0, 0.1) is 4.77 Å². The van der Waals surface area contributed by atoms with Crippen LogP contribution >= 0.6 is 47.0 Å². The van der Waals surface area contributed by atoms with E-state index in [1.165, 1.54) is 0 Å². The number of H-pyrrole nitrogens is 1. The summed E-state index contributed by atoms with van der Waals surface area (Å²) in [6.07, 6.45) is 0. The number of aromatic nitrogens is 3. The van der Waals surface area contributed by atoms with Crippen molar-refractivity contribution in [3.05, 3.63) is 85.6 Å². The minimum absolute atomic E-state index is 0.233. The average Bonchev–Trinajstić information content (AvgIpc) is 3.24. The molecule has 4 rings (SSSR count). The van der Waals surface area contributed by atoms with Crippen LogP contribution in [0.3, 0.4) is 0 Å². The first kappa shape index (κ1) is 26.2. The summed E-state index contributed by atoms with van der Waals surface area (Å²) in [7, 11) is 1.61. The smallest absolute Gasteiger partial charge is 0.214 e. The molecule has 0 spiro atoms. The molecule has 11 heteroatoms. The molecule has 0 aliphatic heterocycles. The highest BCUT2D eigenvalue weighted by molar-refractivity contribution is 7.71. The van der Waals surface area contributed by atoms with Gasteiger partial charge in [0, 0.05) is 26.7 Å². The Balaban J connectivity index is 1.56. The SMILES string of the molecule is CCOc1cc(CNn2c(-c3ccccc3OC)n[nH]c2=S)c(Cl)cc1OCc1ccc(Cl)cc1Cl. The highest BCUT2D eigenvalue weighted by Crippen LogP contribution is 2.35. The van der Waals surface area contributed by atoms with E-state index in [4.69, 9.17) is 61.2 Å². The first-order valence-electron chi connectivity index (χ1n) is 11.0. The average molecular weight is 566 g/mol. The lowest BCUT2D eigenvalue weighted by Gasteiger charge is -2.17. The minimum Gasteiger partial charge on any atom is -0.496 e. The summed E-state index contributed by atoms with van der Waals surface area (Å²) in [5.74, 6) is 2.32. The second kappa shape index (κ2) is 11.9. The van der Waals surface area contributed by atoms with Gasteiger partial charge in [0.1, 0.15) is 12.4 Å². The van der Waals surface area contributed by atoms with Gasteiger partial charge in [-0.3, -0.25) is 0 Å². The molecule has 4 aromatic rings. The van der Waals surface area contributed by atoms with Crippen molar-refractivity contribution in [1.29, 1.82) is 0 Å². The monoisotopic (exact) mass is 564 g/mol. The molecular formula is C25H23Cl3N4O3S. The lowest BCUT2D eigenvalue weighted by molar-refractivity contribution is 0.269. The Hall–Kier alpha value is -2.91. The van der Waals surface area contributed by atoms with Crippen molar-refractivity contribution in [1.82, 2.24) is 14.9 Å². The van der Waals surface area contributed by atoms with Crippen LogP contribution in [-0.4, -0.2) is 28.6 Å². The van der Waals surface area contributed by atoms with Crippen molar-refractivity contribution < 1.29 is 14.2 Å². The number of rotatable bonds is 10. The molecule has 0 aliphatic carbocycles. The van der Waals surface area contributed by atoms with Gasteiger partial charge in [0.2, 0.25) is 4.77 Å². The van der Waals surface area contributed by atoms with Crippen LogP contribution in [0.2, 0.25) is 15.1 Å². The van der Waals surface area contributed by atoms with Gasteiger partial charge in [-0.25, -0.2) is 9.77 Å². The Bertz CT molecular complexity index is 1420. The molecule has 0 radical (unpaired) electrons. The van der Waals surface area contributed by atoms with Gasteiger partial charge in [-0.15, -0.1) is 0 Å². The number of halogens is 3. The fraction of sp³-hybridized carbons (Fsp3) is 0.200. The fourth-order valence-corrected chi connectivity index (χ4v) is 4.39. The normalized spacial score (nSPS) is 10.8. The van der Waals surface area contributed by atoms with Gasteiger partial charge in [0.15, 0.2) is 17.3 Å². The second-order valence-corrected chi connectivity index (χ2v) is 9.21.